The Hall–Kier alpha value is -2.22. The second kappa shape index (κ2) is 11.7. The minimum absolute atomic E-state index is 0.985. The fourth-order valence-electron chi connectivity index (χ4n) is 3.32. The molecule has 0 aliphatic heterocycles. The summed E-state index contributed by atoms with van der Waals surface area (Å²) < 4.78 is 0. The summed E-state index contributed by atoms with van der Waals surface area (Å²) in [6.45, 7) is 13.1. The number of rotatable bonds is 10. The summed E-state index contributed by atoms with van der Waals surface area (Å²) in [4.78, 5) is 10.2. The third-order valence-corrected chi connectivity index (χ3v) is 5.63. The van der Waals surface area contributed by atoms with Crippen LogP contribution in [0.1, 0.15) is 81.0 Å². The highest BCUT2D eigenvalue weighted by molar-refractivity contribution is 6.43. The molecule has 0 saturated heterocycles. The van der Waals surface area contributed by atoms with Crippen LogP contribution in [-0.2, 0) is 0 Å². The molecule has 0 amide bonds. The number of benzene rings is 2. The van der Waals surface area contributed by atoms with E-state index in [1.807, 2.05) is 0 Å². The van der Waals surface area contributed by atoms with Crippen molar-refractivity contribution in [1.29, 1.82) is 0 Å². The Morgan fingerprint density at radius 3 is 1.45 bits per heavy atom. The quantitative estimate of drug-likeness (QED) is 0.287. The predicted molar refractivity (Wildman–Crippen MR) is 130 cm³/mol. The Morgan fingerprint density at radius 2 is 1.03 bits per heavy atom. The molecule has 0 aromatic heterocycles. The van der Waals surface area contributed by atoms with E-state index in [2.05, 4.69) is 77.9 Å². The second-order valence-electron chi connectivity index (χ2n) is 8.21. The van der Waals surface area contributed by atoms with Gasteiger partial charge in [0.25, 0.3) is 0 Å². The molecule has 156 valence electrons. The molecule has 0 spiro atoms. The molecule has 0 heterocycles. The molecule has 0 saturated carbocycles. The summed E-state index contributed by atoms with van der Waals surface area (Å²) in [6, 6.07) is 13.0. The lowest BCUT2D eigenvalue weighted by molar-refractivity contribution is 0.742. The zero-order valence-electron chi connectivity index (χ0n) is 19.3. The van der Waals surface area contributed by atoms with Gasteiger partial charge >= 0.3 is 0 Å². The van der Waals surface area contributed by atoms with Crippen molar-refractivity contribution in [2.75, 3.05) is 0 Å². The van der Waals surface area contributed by atoms with Gasteiger partial charge in [0.2, 0.25) is 0 Å². The summed E-state index contributed by atoms with van der Waals surface area (Å²) >= 11 is 0. The first kappa shape index (κ1) is 23.1. The normalized spacial score (nSPS) is 12.5. The molecule has 0 atom stereocenters. The lowest BCUT2D eigenvalue weighted by Gasteiger charge is -2.12. The number of aliphatic imine (C=N–C) groups is 2. The van der Waals surface area contributed by atoms with E-state index in [9.17, 15) is 0 Å². The molecular weight excluding hydrogens is 352 g/mol. The minimum atomic E-state index is 0.985. The molecule has 2 aromatic rings. The van der Waals surface area contributed by atoms with Gasteiger partial charge in [-0.1, -0.05) is 45.2 Å². The molecule has 0 bridgehead atoms. The van der Waals surface area contributed by atoms with E-state index in [1.165, 1.54) is 35.1 Å². The molecule has 2 heteroatoms. The van der Waals surface area contributed by atoms with E-state index in [1.54, 1.807) is 0 Å². The summed E-state index contributed by atoms with van der Waals surface area (Å²) in [5.41, 5.74) is 9.61. The van der Waals surface area contributed by atoms with Crippen molar-refractivity contribution in [3.05, 3.63) is 58.7 Å². The molecule has 0 radical (unpaired) electrons. The average Bonchev–Trinajstić information content (AvgIpc) is 2.70. The molecule has 29 heavy (non-hydrogen) atoms. The Balaban J connectivity index is 2.46. The largest absolute Gasteiger partial charge is 0.252 e. The van der Waals surface area contributed by atoms with Crippen molar-refractivity contribution in [2.45, 2.75) is 86.5 Å². The van der Waals surface area contributed by atoms with E-state index >= 15 is 0 Å². The Labute approximate surface area is 178 Å². The summed E-state index contributed by atoms with van der Waals surface area (Å²) in [5.74, 6) is 0. The van der Waals surface area contributed by atoms with Gasteiger partial charge in [0, 0.05) is 0 Å². The number of nitrogens with zero attached hydrogens (tertiary/aromatic N) is 2. The van der Waals surface area contributed by atoms with Crippen LogP contribution in [0.2, 0.25) is 0 Å². The van der Waals surface area contributed by atoms with E-state index in [0.717, 1.165) is 54.9 Å². The minimum Gasteiger partial charge on any atom is -0.252 e. The highest BCUT2D eigenvalue weighted by Crippen LogP contribution is 2.22. The monoisotopic (exact) mass is 390 g/mol. The third kappa shape index (κ3) is 7.27. The van der Waals surface area contributed by atoms with Crippen LogP contribution in [0.25, 0.3) is 0 Å². The van der Waals surface area contributed by atoms with Gasteiger partial charge in [-0.15, -0.1) is 0 Å². The lowest BCUT2D eigenvalue weighted by Crippen LogP contribution is -2.14. The van der Waals surface area contributed by atoms with Crippen molar-refractivity contribution in [3.63, 3.8) is 0 Å². The van der Waals surface area contributed by atoms with Gasteiger partial charge in [-0.2, -0.15) is 0 Å². The fourth-order valence-corrected chi connectivity index (χ4v) is 3.32. The smallest absolute Gasteiger partial charge is 0.0636 e. The van der Waals surface area contributed by atoms with E-state index in [-0.39, 0.29) is 0 Å². The number of unbranched alkanes of at least 4 members (excludes halogenated alkanes) is 3. The van der Waals surface area contributed by atoms with Gasteiger partial charge in [-0.05, 0) is 99.9 Å². The van der Waals surface area contributed by atoms with E-state index < -0.39 is 0 Å². The molecule has 0 N–H and O–H groups in total. The van der Waals surface area contributed by atoms with Crippen LogP contribution in [0, 0.1) is 27.7 Å². The molecule has 0 unspecified atom stereocenters. The van der Waals surface area contributed by atoms with Crippen LogP contribution < -0.4 is 0 Å². The SMILES string of the molecule is CCCCCC(=Nc1ccc(C)c(C)c1)C(CCCC)=Nc1ccc(C)c(C)c1. The van der Waals surface area contributed by atoms with Gasteiger partial charge < -0.3 is 0 Å². The van der Waals surface area contributed by atoms with Gasteiger partial charge in [0.05, 0.1) is 22.8 Å². The predicted octanol–water partition coefficient (Wildman–Crippen LogP) is 8.54. The van der Waals surface area contributed by atoms with Crippen LogP contribution >= 0.6 is 0 Å². The van der Waals surface area contributed by atoms with Gasteiger partial charge in [-0.3, -0.25) is 9.98 Å². The standard InChI is InChI=1S/C27H38N2/c1-7-9-11-13-27(29-25-17-15-21(4)23(6)19-25)26(12-10-8-2)28-24-16-14-20(3)22(5)18-24/h14-19H,7-13H2,1-6H3. The van der Waals surface area contributed by atoms with Crippen molar-refractivity contribution < 1.29 is 0 Å². The van der Waals surface area contributed by atoms with Crippen LogP contribution in [-0.4, -0.2) is 11.4 Å². The zero-order chi connectivity index (χ0) is 21.2. The van der Waals surface area contributed by atoms with Crippen LogP contribution in [0.5, 0.6) is 0 Å². The first-order chi connectivity index (χ1) is 13.9. The topological polar surface area (TPSA) is 24.7 Å². The van der Waals surface area contributed by atoms with Gasteiger partial charge in [0.1, 0.15) is 0 Å². The van der Waals surface area contributed by atoms with Crippen molar-refractivity contribution in [2.24, 2.45) is 9.98 Å². The fraction of sp³-hybridized carbons (Fsp3) is 0.481. The number of hydrogen-bond donors (Lipinski definition) is 0. The summed E-state index contributed by atoms with van der Waals surface area (Å²) in [6.07, 6.45) is 7.90. The van der Waals surface area contributed by atoms with Crippen molar-refractivity contribution in [3.8, 4) is 0 Å². The molecule has 0 fully saturated rings. The van der Waals surface area contributed by atoms with Crippen molar-refractivity contribution in [1.82, 2.24) is 0 Å². The molecule has 0 aliphatic rings. The van der Waals surface area contributed by atoms with E-state index in [4.69, 9.17) is 9.98 Å². The molecule has 2 aromatic carbocycles. The third-order valence-electron chi connectivity index (χ3n) is 5.63. The van der Waals surface area contributed by atoms with Crippen LogP contribution in [0.15, 0.2) is 46.4 Å². The Bertz CT molecular complexity index is 859. The first-order valence-corrected chi connectivity index (χ1v) is 11.2. The highest BCUT2D eigenvalue weighted by Gasteiger charge is 2.11. The second-order valence-corrected chi connectivity index (χ2v) is 8.21. The van der Waals surface area contributed by atoms with Gasteiger partial charge in [0.15, 0.2) is 0 Å². The zero-order valence-corrected chi connectivity index (χ0v) is 19.3. The summed E-state index contributed by atoms with van der Waals surface area (Å²) in [7, 11) is 0. The molecule has 2 nitrogen and oxygen atoms in total. The Kier molecular flexibility index (Phi) is 9.31. The van der Waals surface area contributed by atoms with Crippen LogP contribution in [0.4, 0.5) is 11.4 Å². The Morgan fingerprint density at radius 1 is 0.586 bits per heavy atom. The summed E-state index contributed by atoms with van der Waals surface area (Å²) in [5, 5.41) is 0. The number of aryl methyl sites for hydroxylation is 4. The lowest BCUT2D eigenvalue weighted by atomic mass is 10.0. The first-order valence-electron chi connectivity index (χ1n) is 11.2. The number of hydrogen-bond acceptors (Lipinski definition) is 2. The van der Waals surface area contributed by atoms with Crippen LogP contribution in [0.3, 0.4) is 0 Å². The maximum absolute atomic E-state index is 5.11. The maximum atomic E-state index is 5.11. The van der Waals surface area contributed by atoms with Gasteiger partial charge in [-0.25, -0.2) is 0 Å². The van der Waals surface area contributed by atoms with Crippen molar-refractivity contribution >= 4 is 22.8 Å². The average molecular weight is 391 g/mol. The van der Waals surface area contributed by atoms with E-state index in [0.29, 0.717) is 0 Å². The highest BCUT2D eigenvalue weighted by atomic mass is 14.8. The molecule has 2 rings (SSSR count). The molecular formula is C27H38N2. The molecule has 0 aliphatic carbocycles. The maximum Gasteiger partial charge on any atom is 0.0636 e.